The Morgan fingerprint density at radius 3 is 2.46 bits per heavy atom. The Balaban J connectivity index is 2.00. The van der Waals surface area contributed by atoms with Gasteiger partial charge in [-0.3, -0.25) is 0 Å². The van der Waals surface area contributed by atoms with Gasteiger partial charge in [0.25, 0.3) is 0 Å². The first kappa shape index (κ1) is 17.9. The van der Waals surface area contributed by atoms with E-state index < -0.39 is 0 Å². The maximum Gasteiger partial charge on any atom is 0.144 e. The molecule has 0 aliphatic carbocycles. The average molecular weight is 371 g/mol. The molecule has 0 saturated carbocycles. The molecule has 4 heteroatoms. The van der Waals surface area contributed by atoms with Crippen LogP contribution in [0.1, 0.15) is 6.92 Å². The molecule has 4 aromatic rings. The van der Waals surface area contributed by atoms with Crippen LogP contribution in [0, 0.1) is 0 Å². The SMILES string of the molecule is CCOc1ccccc1N=c1cc(-c2ccccc2)oc2ccc(OC)cc12. The third-order valence-electron chi connectivity index (χ3n) is 4.41. The van der Waals surface area contributed by atoms with E-state index in [4.69, 9.17) is 18.9 Å². The third kappa shape index (κ3) is 3.62. The smallest absolute Gasteiger partial charge is 0.144 e. The third-order valence-corrected chi connectivity index (χ3v) is 4.41. The number of nitrogens with zero attached hydrogens (tertiary/aromatic N) is 1. The largest absolute Gasteiger partial charge is 0.497 e. The standard InChI is InChI=1S/C24H21NO3/c1-3-27-23-12-8-7-11-20(23)25-21-16-24(17-9-5-4-6-10-17)28-22-14-13-18(26-2)15-19(21)22/h4-16H,3H2,1-2H3. The van der Waals surface area contributed by atoms with Gasteiger partial charge in [-0.25, -0.2) is 4.99 Å². The predicted octanol–water partition coefficient (Wildman–Crippen LogP) is 5.74. The van der Waals surface area contributed by atoms with Crippen molar-refractivity contribution < 1.29 is 13.9 Å². The molecule has 3 aromatic carbocycles. The molecule has 0 aliphatic heterocycles. The summed E-state index contributed by atoms with van der Waals surface area (Å²) < 4.78 is 17.3. The maximum atomic E-state index is 6.16. The highest BCUT2D eigenvalue weighted by molar-refractivity contribution is 5.80. The molecule has 4 rings (SSSR count). The summed E-state index contributed by atoms with van der Waals surface area (Å²) in [5.74, 6) is 2.26. The summed E-state index contributed by atoms with van der Waals surface area (Å²) in [5.41, 5.74) is 2.52. The molecule has 28 heavy (non-hydrogen) atoms. The highest BCUT2D eigenvalue weighted by Crippen LogP contribution is 2.28. The number of benzene rings is 3. The van der Waals surface area contributed by atoms with Gasteiger partial charge in [-0.15, -0.1) is 0 Å². The number of hydrogen-bond acceptors (Lipinski definition) is 4. The summed E-state index contributed by atoms with van der Waals surface area (Å²) in [6.07, 6.45) is 0. The van der Waals surface area contributed by atoms with Crippen molar-refractivity contribution in [1.29, 1.82) is 0 Å². The van der Waals surface area contributed by atoms with Gasteiger partial charge in [0.15, 0.2) is 0 Å². The van der Waals surface area contributed by atoms with E-state index in [2.05, 4.69) is 0 Å². The predicted molar refractivity (Wildman–Crippen MR) is 111 cm³/mol. The molecule has 1 aromatic heterocycles. The number of fused-ring (bicyclic) bond motifs is 1. The van der Waals surface area contributed by atoms with Crippen molar-refractivity contribution in [2.45, 2.75) is 6.92 Å². The highest BCUT2D eigenvalue weighted by Gasteiger charge is 2.08. The fraction of sp³-hybridized carbons (Fsp3) is 0.125. The minimum atomic E-state index is 0.584. The van der Waals surface area contributed by atoms with E-state index in [1.54, 1.807) is 7.11 Å². The molecule has 0 fully saturated rings. The zero-order valence-corrected chi connectivity index (χ0v) is 15.9. The van der Waals surface area contributed by atoms with E-state index in [1.807, 2.05) is 85.8 Å². The molecule has 0 radical (unpaired) electrons. The second-order valence-corrected chi connectivity index (χ2v) is 6.24. The van der Waals surface area contributed by atoms with Gasteiger partial charge in [0.05, 0.1) is 19.1 Å². The first-order chi connectivity index (χ1) is 13.8. The van der Waals surface area contributed by atoms with Gasteiger partial charge < -0.3 is 13.9 Å². The molecule has 0 amide bonds. The van der Waals surface area contributed by atoms with Crippen LogP contribution in [0.25, 0.3) is 22.3 Å². The van der Waals surface area contributed by atoms with Gasteiger partial charge in [-0.05, 0) is 37.3 Å². The molecular weight excluding hydrogens is 350 g/mol. The Kier molecular flexibility index (Phi) is 5.11. The van der Waals surface area contributed by atoms with E-state index in [0.717, 1.165) is 44.8 Å². The highest BCUT2D eigenvalue weighted by atomic mass is 16.5. The lowest BCUT2D eigenvalue weighted by atomic mass is 10.1. The van der Waals surface area contributed by atoms with Crippen molar-refractivity contribution >= 4 is 16.7 Å². The van der Waals surface area contributed by atoms with Crippen LogP contribution in [0.3, 0.4) is 0 Å². The normalized spacial score (nSPS) is 11.6. The van der Waals surface area contributed by atoms with Crippen LogP contribution in [0.5, 0.6) is 11.5 Å². The molecular formula is C24H21NO3. The summed E-state index contributed by atoms with van der Waals surface area (Å²) >= 11 is 0. The lowest BCUT2D eigenvalue weighted by Crippen LogP contribution is -2.04. The Labute approximate surface area is 163 Å². The fourth-order valence-electron chi connectivity index (χ4n) is 3.07. The quantitative estimate of drug-likeness (QED) is 0.449. The van der Waals surface area contributed by atoms with Crippen LogP contribution in [0.15, 0.2) is 88.3 Å². The van der Waals surface area contributed by atoms with Crippen molar-refractivity contribution in [3.8, 4) is 22.8 Å². The second kappa shape index (κ2) is 8.01. The van der Waals surface area contributed by atoms with E-state index in [9.17, 15) is 0 Å². The molecule has 0 unspecified atom stereocenters. The summed E-state index contributed by atoms with van der Waals surface area (Å²) in [6, 6.07) is 25.5. The van der Waals surface area contributed by atoms with E-state index in [0.29, 0.717) is 6.61 Å². The lowest BCUT2D eigenvalue weighted by Gasteiger charge is -2.08. The first-order valence-corrected chi connectivity index (χ1v) is 9.22. The Bertz CT molecular complexity index is 1160. The van der Waals surface area contributed by atoms with Crippen molar-refractivity contribution in [2.24, 2.45) is 4.99 Å². The van der Waals surface area contributed by atoms with Gasteiger partial charge >= 0.3 is 0 Å². The van der Waals surface area contributed by atoms with Gasteiger partial charge in [-0.2, -0.15) is 0 Å². The minimum absolute atomic E-state index is 0.584. The Morgan fingerprint density at radius 2 is 1.68 bits per heavy atom. The van der Waals surface area contributed by atoms with Crippen molar-refractivity contribution in [3.63, 3.8) is 0 Å². The summed E-state index contributed by atoms with van der Waals surface area (Å²) in [6.45, 7) is 2.55. The van der Waals surface area contributed by atoms with E-state index >= 15 is 0 Å². The summed E-state index contributed by atoms with van der Waals surface area (Å²) in [4.78, 5) is 4.91. The molecule has 0 spiro atoms. The van der Waals surface area contributed by atoms with Crippen molar-refractivity contribution in [3.05, 3.63) is 84.2 Å². The molecule has 0 saturated heterocycles. The molecule has 0 bridgehead atoms. The average Bonchev–Trinajstić information content (AvgIpc) is 2.75. The Morgan fingerprint density at radius 1 is 0.893 bits per heavy atom. The van der Waals surface area contributed by atoms with Crippen LogP contribution in [-0.2, 0) is 0 Å². The number of methoxy groups -OCH3 is 1. The van der Waals surface area contributed by atoms with Gasteiger partial charge in [-0.1, -0.05) is 42.5 Å². The van der Waals surface area contributed by atoms with Crippen LogP contribution < -0.4 is 14.8 Å². The fourth-order valence-corrected chi connectivity index (χ4v) is 3.07. The van der Waals surface area contributed by atoms with Crippen LogP contribution in [-0.4, -0.2) is 13.7 Å². The molecule has 140 valence electrons. The van der Waals surface area contributed by atoms with Crippen LogP contribution >= 0.6 is 0 Å². The minimum Gasteiger partial charge on any atom is -0.497 e. The molecule has 0 aliphatic rings. The van der Waals surface area contributed by atoms with Gasteiger partial charge in [0.1, 0.15) is 28.5 Å². The number of rotatable bonds is 5. The van der Waals surface area contributed by atoms with Crippen LogP contribution in [0.2, 0.25) is 0 Å². The Hall–Kier alpha value is -3.53. The number of para-hydroxylation sites is 2. The van der Waals surface area contributed by atoms with Crippen molar-refractivity contribution in [1.82, 2.24) is 0 Å². The van der Waals surface area contributed by atoms with Crippen LogP contribution in [0.4, 0.5) is 5.69 Å². The van der Waals surface area contributed by atoms with Gasteiger partial charge in [0, 0.05) is 17.0 Å². The molecule has 4 nitrogen and oxygen atoms in total. The molecule has 1 heterocycles. The van der Waals surface area contributed by atoms with E-state index in [1.165, 1.54) is 0 Å². The zero-order valence-electron chi connectivity index (χ0n) is 15.9. The molecule has 0 atom stereocenters. The monoisotopic (exact) mass is 371 g/mol. The van der Waals surface area contributed by atoms with Gasteiger partial charge in [0.2, 0.25) is 0 Å². The first-order valence-electron chi connectivity index (χ1n) is 9.22. The summed E-state index contributed by atoms with van der Waals surface area (Å²) in [7, 11) is 1.65. The molecule has 0 N–H and O–H groups in total. The van der Waals surface area contributed by atoms with Crippen molar-refractivity contribution in [2.75, 3.05) is 13.7 Å². The lowest BCUT2D eigenvalue weighted by molar-refractivity contribution is 0.341. The number of ether oxygens (including phenoxy) is 2. The summed E-state index contributed by atoms with van der Waals surface area (Å²) in [5, 5.41) is 1.68. The topological polar surface area (TPSA) is 44.0 Å². The maximum absolute atomic E-state index is 6.16. The number of hydrogen-bond donors (Lipinski definition) is 0. The second-order valence-electron chi connectivity index (χ2n) is 6.24. The zero-order chi connectivity index (χ0) is 19.3. The van der Waals surface area contributed by atoms with E-state index in [-0.39, 0.29) is 0 Å².